The summed E-state index contributed by atoms with van der Waals surface area (Å²) in [5.41, 5.74) is 2.29. The van der Waals surface area contributed by atoms with Gasteiger partial charge >= 0.3 is 0 Å². The van der Waals surface area contributed by atoms with Gasteiger partial charge in [-0.2, -0.15) is 0 Å². The van der Waals surface area contributed by atoms with E-state index in [4.69, 9.17) is 4.74 Å². The molecule has 1 atom stereocenters. The molecule has 0 aliphatic carbocycles. The van der Waals surface area contributed by atoms with Crippen molar-refractivity contribution in [1.82, 2.24) is 10.2 Å². The number of carbonyl (C=O) groups is 2. The molecule has 2 aromatic carbocycles. The van der Waals surface area contributed by atoms with Gasteiger partial charge in [0, 0.05) is 13.1 Å². The lowest BCUT2D eigenvalue weighted by molar-refractivity contribution is -0.140. The van der Waals surface area contributed by atoms with Crippen LogP contribution in [0.3, 0.4) is 0 Å². The van der Waals surface area contributed by atoms with Gasteiger partial charge in [0.05, 0.1) is 18.6 Å². The van der Waals surface area contributed by atoms with Crippen molar-refractivity contribution in [2.75, 3.05) is 30.3 Å². The molecular weight excluding hydrogens is 466 g/mol. The van der Waals surface area contributed by atoms with Crippen LogP contribution in [0.15, 0.2) is 48.5 Å². The molecule has 0 aliphatic heterocycles. The molecule has 8 nitrogen and oxygen atoms in total. The van der Waals surface area contributed by atoms with Crippen molar-refractivity contribution in [2.24, 2.45) is 0 Å². The fraction of sp³-hybridized carbons (Fsp3) is 0.462. The molecule has 35 heavy (non-hydrogen) atoms. The molecule has 1 unspecified atom stereocenters. The van der Waals surface area contributed by atoms with Crippen LogP contribution in [-0.4, -0.2) is 57.1 Å². The summed E-state index contributed by atoms with van der Waals surface area (Å²) in [6, 6.07) is 13.5. The number of amides is 2. The van der Waals surface area contributed by atoms with Gasteiger partial charge in [-0.25, -0.2) is 8.42 Å². The summed E-state index contributed by atoms with van der Waals surface area (Å²) < 4.78 is 31.8. The molecule has 2 rings (SSSR count). The van der Waals surface area contributed by atoms with Crippen LogP contribution in [0.25, 0.3) is 0 Å². The molecule has 2 amide bonds. The highest BCUT2D eigenvalue weighted by Crippen LogP contribution is 2.23. The van der Waals surface area contributed by atoms with Gasteiger partial charge < -0.3 is 15.0 Å². The first-order valence-electron chi connectivity index (χ1n) is 11.9. The van der Waals surface area contributed by atoms with Crippen molar-refractivity contribution in [3.05, 3.63) is 59.7 Å². The number of carbonyl (C=O) groups excluding carboxylic acids is 2. The summed E-state index contributed by atoms with van der Waals surface area (Å²) in [4.78, 5) is 28.0. The number of hydrogen-bond donors (Lipinski definition) is 1. The third-order valence-corrected chi connectivity index (χ3v) is 6.66. The molecule has 192 valence electrons. The number of hydrogen-bond acceptors (Lipinski definition) is 5. The molecule has 0 radical (unpaired) electrons. The maximum atomic E-state index is 13.6. The number of sulfonamides is 1. The van der Waals surface area contributed by atoms with Gasteiger partial charge in [0.1, 0.15) is 18.3 Å². The summed E-state index contributed by atoms with van der Waals surface area (Å²) in [7, 11) is -3.77. The Morgan fingerprint density at radius 3 is 2.14 bits per heavy atom. The van der Waals surface area contributed by atoms with Crippen molar-refractivity contribution in [3.63, 3.8) is 0 Å². The standard InChI is InChI=1S/C26H37N3O5S/c1-6-17-27-26(31)24(7-2)28(18-21-11-9-20(4)10-12-21)25(30)19-29(35(5,32)33)22-13-15-23(16-14-22)34-8-3/h9-16,24H,6-8,17-19H2,1-5H3,(H,27,31). The van der Waals surface area contributed by atoms with E-state index < -0.39 is 28.5 Å². The predicted molar refractivity (Wildman–Crippen MR) is 139 cm³/mol. The maximum absolute atomic E-state index is 13.6. The molecule has 0 spiro atoms. The first kappa shape index (κ1) is 28.2. The Kier molecular flexibility index (Phi) is 10.6. The molecule has 0 saturated heterocycles. The number of nitrogens with zero attached hydrogens (tertiary/aromatic N) is 2. The topological polar surface area (TPSA) is 96.0 Å². The summed E-state index contributed by atoms with van der Waals surface area (Å²) in [6.45, 7) is 8.39. The average Bonchev–Trinajstić information content (AvgIpc) is 2.82. The normalized spacial score (nSPS) is 12.0. The largest absolute Gasteiger partial charge is 0.494 e. The molecule has 2 aromatic rings. The number of benzene rings is 2. The van der Waals surface area contributed by atoms with Crippen molar-refractivity contribution >= 4 is 27.5 Å². The van der Waals surface area contributed by atoms with E-state index in [0.717, 1.165) is 28.1 Å². The van der Waals surface area contributed by atoms with Crippen LogP contribution in [0.2, 0.25) is 0 Å². The number of rotatable bonds is 13. The Hall–Kier alpha value is -3.07. The summed E-state index contributed by atoms with van der Waals surface area (Å²) >= 11 is 0. The Morgan fingerprint density at radius 2 is 1.63 bits per heavy atom. The van der Waals surface area contributed by atoms with Crippen LogP contribution in [0, 0.1) is 6.92 Å². The zero-order valence-electron chi connectivity index (χ0n) is 21.3. The molecule has 0 saturated carbocycles. The molecule has 9 heteroatoms. The smallest absolute Gasteiger partial charge is 0.244 e. The molecular formula is C26H37N3O5S. The second kappa shape index (κ2) is 13.1. The zero-order valence-corrected chi connectivity index (χ0v) is 22.1. The average molecular weight is 504 g/mol. The van der Waals surface area contributed by atoms with Crippen molar-refractivity contribution in [2.45, 2.75) is 53.1 Å². The first-order valence-corrected chi connectivity index (χ1v) is 13.8. The molecule has 0 fully saturated rings. The van der Waals surface area contributed by atoms with Gasteiger partial charge in [-0.1, -0.05) is 43.7 Å². The van der Waals surface area contributed by atoms with Crippen LogP contribution in [0.4, 0.5) is 5.69 Å². The van der Waals surface area contributed by atoms with E-state index in [1.807, 2.05) is 52.0 Å². The summed E-state index contributed by atoms with van der Waals surface area (Å²) in [6.07, 6.45) is 2.23. The van der Waals surface area contributed by atoms with E-state index in [2.05, 4.69) is 5.32 Å². The Bertz CT molecular complexity index is 1070. The lowest BCUT2D eigenvalue weighted by atomic mass is 10.1. The highest BCUT2D eigenvalue weighted by molar-refractivity contribution is 7.92. The highest BCUT2D eigenvalue weighted by atomic mass is 32.2. The Balaban J connectivity index is 2.38. The summed E-state index contributed by atoms with van der Waals surface area (Å²) in [5.74, 6) is -0.0964. The fourth-order valence-electron chi connectivity index (χ4n) is 3.66. The zero-order chi connectivity index (χ0) is 26.0. The monoisotopic (exact) mass is 503 g/mol. The summed E-state index contributed by atoms with van der Waals surface area (Å²) in [5, 5.41) is 2.87. The predicted octanol–water partition coefficient (Wildman–Crippen LogP) is 3.49. The van der Waals surface area contributed by atoms with Crippen molar-refractivity contribution in [1.29, 1.82) is 0 Å². The number of nitrogens with one attached hydrogen (secondary N) is 1. The molecule has 1 N–H and O–H groups in total. The quantitative estimate of drug-likeness (QED) is 0.451. The second-order valence-electron chi connectivity index (χ2n) is 8.42. The van der Waals surface area contributed by atoms with Gasteiger partial charge in [-0.15, -0.1) is 0 Å². The highest BCUT2D eigenvalue weighted by Gasteiger charge is 2.31. The van der Waals surface area contributed by atoms with Crippen LogP contribution >= 0.6 is 0 Å². The molecule has 0 heterocycles. The third-order valence-electron chi connectivity index (χ3n) is 5.52. The van der Waals surface area contributed by atoms with Gasteiger partial charge in [0.25, 0.3) is 0 Å². The van der Waals surface area contributed by atoms with Crippen molar-refractivity contribution < 1.29 is 22.7 Å². The van der Waals surface area contributed by atoms with E-state index >= 15 is 0 Å². The molecule has 0 aliphatic rings. The Labute approximate surface area is 209 Å². The van der Waals surface area contributed by atoms with Crippen LogP contribution in [-0.2, 0) is 26.2 Å². The lowest BCUT2D eigenvalue weighted by Crippen LogP contribution is -2.52. The van der Waals surface area contributed by atoms with E-state index in [-0.39, 0.29) is 12.5 Å². The third kappa shape index (κ3) is 8.28. The Morgan fingerprint density at radius 1 is 1.00 bits per heavy atom. The van der Waals surface area contributed by atoms with E-state index in [1.54, 1.807) is 24.3 Å². The number of ether oxygens (including phenoxy) is 1. The SMILES string of the molecule is CCCNC(=O)C(CC)N(Cc1ccc(C)cc1)C(=O)CN(c1ccc(OCC)cc1)S(C)(=O)=O. The molecule has 0 bridgehead atoms. The van der Waals surface area contributed by atoms with Crippen molar-refractivity contribution in [3.8, 4) is 5.75 Å². The van der Waals surface area contributed by atoms with Crippen LogP contribution in [0.1, 0.15) is 44.7 Å². The lowest BCUT2D eigenvalue weighted by Gasteiger charge is -2.33. The van der Waals surface area contributed by atoms with Gasteiger partial charge in [-0.3, -0.25) is 13.9 Å². The first-order chi connectivity index (χ1) is 16.6. The number of anilines is 1. The fourth-order valence-corrected chi connectivity index (χ4v) is 4.51. The van der Waals surface area contributed by atoms with E-state index in [1.165, 1.54) is 4.90 Å². The van der Waals surface area contributed by atoms with Gasteiger partial charge in [-0.05, 0) is 56.5 Å². The minimum atomic E-state index is -3.77. The van der Waals surface area contributed by atoms with Crippen LogP contribution < -0.4 is 14.4 Å². The number of aryl methyl sites for hydroxylation is 1. The van der Waals surface area contributed by atoms with Gasteiger partial charge in [0.15, 0.2) is 0 Å². The van der Waals surface area contributed by atoms with E-state index in [9.17, 15) is 18.0 Å². The van der Waals surface area contributed by atoms with Gasteiger partial charge in [0.2, 0.25) is 21.8 Å². The van der Waals surface area contributed by atoms with Crippen LogP contribution in [0.5, 0.6) is 5.75 Å². The minimum Gasteiger partial charge on any atom is -0.494 e. The molecule has 0 aromatic heterocycles. The minimum absolute atomic E-state index is 0.193. The maximum Gasteiger partial charge on any atom is 0.244 e. The van der Waals surface area contributed by atoms with E-state index in [0.29, 0.717) is 31.0 Å². The second-order valence-corrected chi connectivity index (χ2v) is 10.3.